The van der Waals surface area contributed by atoms with Gasteiger partial charge in [0.05, 0.1) is 0 Å². The summed E-state index contributed by atoms with van der Waals surface area (Å²) in [6.07, 6.45) is 0.484. The summed E-state index contributed by atoms with van der Waals surface area (Å²) >= 11 is 0. The van der Waals surface area contributed by atoms with Crippen LogP contribution in [-0.2, 0) is 4.79 Å². The molecule has 5 nitrogen and oxygen atoms in total. The fourth-order valence-corrected chi connectivity index (χ4v) is 1.96. The van der Waals surface area contributed by atoms with E-state index in [9.17, 15) is 18.4 Å². The molecule has 0 aromatic heterocycles. The topological polar surface area (TPSA) is 78.4 Å². The standard InChI is InChI=1S/C11H18F2N2O3/c12-11(13)4-3-8(6-11)7-15-10(18)14-5-1-2-9(16)17/h8H,1-7H2,(H,16,17)(H2,14,15,18). The number of aliphatic carboxylic acids is 1. The maximum atomic E-state index is 12.9. The van der Waals surface area contributed by atoms with E-state index >= 15 is 0 Å². The third kappa shape index (κ3) is 5.79. The average molecular weight is 264 g/mol. The van der Waals surface area contributed by atoms with Crippen molar-refractivity contribution in [1.29, 1.82) is 0 Å². The molecule has 1 aliphatic rings. The molecule has 0 bridgehead atoms. The molecule has 104 valence electrons. The monoisotopic (exact) mass is 264 g/mol. The second kappa shape index (κ2) is 6.51. The summed E-state index contributed by atoms with van der Waals surface area (Å²) in [6, 6.07) is -0.435. The van der Waals surface area contributed by atoms with E-state index in [0.717, 1.165) is 0 Å². The van der Waals surface area contributed by atoms with Gasteiger partial charge >= 0.3 is 12.0 Å². The van der Waals surface area contributed by atoms with Gasteiger partial charge in [-0.3, -0.25) is 4.79 Å². The van der Waals surface area contributed by atoms with Crippen molar-refractivity contribution in [2.45, 2.75) is 38.0 Å². The Morgan fingerprint density at radius 2 is 2.06 bits per heavy atom. The summed E-state index contributed by atoms with van der Waals surface area (Å²) in [5, 5.41) is 13.4. The van der Waals surface area contributed by atoms with Crippen molar-refractivity contribution in [3.05, 3.63) is 0 Å². The van der Waals surface area contributed by atoms with Gasteiger partial charge in [-0.1, -0.05) is 0 Å². The molecule has 1 aliphatic carbocycles. The van der Waals surface area contributed by atoms with E-state index < -0.39 is 17.9 Å². The Morgan fingerprint density at radius 1 is 1.33 bits per heavy atom. The highest BCUT2D eigenvalue weighted by Crippen LogP contribution is 2.38. The third-order valence-corrected chi connectivity index (χ3v) is 2.91. The van der Waals surface area contributed by atoms with Crippen molar-refractivity contribution in [1.82, 2.24) is 10.6 Å². The number of hydrogen-bond donors (Lipinski definition) is 3. The Labute approximate surface area is 104 Å². The van der Waals surface area contributed by atoms with E-state index in [2.05, 4.69) is 10.6 Å². The largest absolute Gasteiger partial charge is 0.481 e. The minimum absolute atomic E-state index is 0.00483. The smallest absolute Gasteiger partial charge is 0.314 e. The third-order valence-electron chi connectivity index (χ3n) is 2.91. The minimum atomic E-state index is -2.59. The fraction of sp³-hybridized carbons (Fsp3) is 0.818. The van der Waals surface area contributed by atoms with E-state index in [0.29, 0.717) is 12.8 Å². The van der Waals surface area contributed by atoms with Gasteiger partial charge in [-0.05, 0) is 18.8 Å². The molecule has 0 saturated heterocycles. The van der Waals surface area contributed by atoms with Crippen LogP contribution in [0.2, 0.25) is 0 Å². The second-order valence-corrected chi connectivity index (χ2v) is 4.60. The number of nitrogens with one attached hydrogen (secondary N) is 2. The predicted molar refractivity (Wildman–Crippen MR) is 60.6 cm³/mol. The number of carbonyl (C=O) groups is 2. The molecule has 2 amide bonds. The van der Waals surface area contributed by atoms with Crippen molar-refractivity contribution in [2.24, 2.45) is 5.92 Å². The Hall–Kier alpha value is -1.40. The molecule has 1 atom stereocenters. The first-order valence-electron chi connectivity index (χ1n) is 6.00. The summed E-state index contributed by atoms with van der Waals surface area (Å²) < 4.78 is 25.7. The van der Waals surface area contributed by atoms with Crippen LogP contribution in [0.5, 0.6) is 0 Å². The molecule has 0 heterocycles. The molecule has 0 spiro atoms. The number of halogens is 2. The number of alkyl halides is 2. The van der Waals surface area contributed by atoms with Crippen LogP contribution in [0, 0.1) is 5.92 Å². The zero-order valence-corrected chi connectivity index (χ0v) is 10.0. The van der Waals surface area contributed by atoms with Gasteiger partial charge in [0.15, 0.2) is 0 Å². The van der Waals surface area contributed by atoms with Gasteiger partial charge in [-0.25, -0.2) is 13.6 Å². The van der Waals surface area contributed by atoms with Gasteiger partial charge in [0.25, 0.3) is 0 Å². The SMILES string of the molecule is O=C(O)CCCNC(=O)NCC1CCC(F)(F)C1. The minimum Gasteiger partial charge on any atom is -0.481 e. The number of amides is 2. The molecule has 1 unspecified atom stereocenters. The number of hydrogen-bond acceptors (Lipinski definition) is 2. The summed E-state index contributed by atoms with van der Waals surface area (Å²) in [6.45, 7) is 0.499. The number of carboxylic acids is 1. The first-order chi connectivity index (χ1) is 8.39. The zero-order valence-electron chi connectivity index (χ0n) is 10.0. The maximum Gasteiger partial charge on any atom is 0.314 e. The van der Waals surface area contributed by atoms with Crippen LogP contribution in [0.15, 0.2) is 0 Å². The van der Waals surface area contributed by atoms with Gasteiger partial charge in [-0.15, -0.1) is 0 Å². The summed E-state index contributed by atoms with van der Waals surface area (Å²) in [5.74, 6) is -3.68. The van der Waals surface area contributed by atoms with Crippen molar-refractivity contribution in [2.75, 3.05) is 13.1 Å². The fourth-order valence-electron chi connectivity index (χ4n) is 1.96. The van der Waals surface area contributed by atoms with E-state index in [-0.39, 0.29) is 38.3 Å². The second-order valence-electron chi connectivity index (χ2n) is 4.60. The average Bonchev–Trinajstić information content (AvgIpc) is 2.61. The molecule has 1 rings (SSSR count). The van der Waals surface area contributed by atoms with Crippen molar-refractivity contribution < 1.29 is 23.5 Å². The molecule has 1 fully saturated rings. The Morgan fingerprint density at radius 3 is 2.61 bits per heavy atom. The van der Waals surface area contributed by atoms with Crippen LogP contribution < -0.4 is 10.6 Å². The summed E-state index contributed by atoms with van der Waals surface area (Å²) in [4.78, 5) is 21.5. The van der Waals surface area contributed by atoms with E-state index in [1.165, 1.54) is 0 Å². The lowest BCUT2D eigenvalue weighted by atomic mass is 10.1. The van der Waals surface area contributed by atoms with Crippen LogP contribution in [0.25, 0.3) is 0 Å². The number of carbonyl (C=O) groups excluding carboxylic acids is 1. The predicted octanol–water partition coefficient (Wildman–Crippen LogP) is 1.59. The number of carboxylic acid groups (broad SMARTS) is 1. The quantitative estimate of drug-likeness (QED) is 0.637. The van der Waals surface area contributed by atoms with Crippen LogP contribution >= 0.6 is 0 Å². The molecule has 0 aromatic carbocycles. The molecule has 0 aliphatic heterocycles. The van der Waals surface area contributed by atoms with E-state index in [4.69, 9.17) is 5.11 Å². The van der Waals surface area contributed by atoms with Crippen molar-refractivity contribution in [3.63, 3.8) is 0 Å². The Kier molecular flexibility index (Phi) is 5.30. The lowest BCUT2D eigenvalue weighted by Gasteiger charge is -2.12. The molecular formula is C11H18F2N2O3. The first-order valence-corrected chi connectivity index (χ1v) is 6.00. The lowest BCUT2D eigenvalue weighted by molar-refractivity contribution is -0.137. The molecular weight excluding hydrogens is 246 g/mol. The van der Waals surface area contributed by atoms with E-state index in [1.54, 1.807) is 0 Å². The summed E-state index contributed by atoms with van der Waals surface area (Å²) in [5.41, 5.74) is 0. The van der Waals surface area contributed by atoms with Crippen LogP contribution in [0.4, 0.5) is 13.6 Å². The molecule has 0 aromatic rings. The zero-order chi connectivity index (χ0) is 13.6. The Bertz CT molecular complexity index is 311. The van der Waals surface area contributed by atoms with Crippen LogP contribution in [0.3, 0.4) is 0 Å². The molecule has 7 heteroatoms. The highest BCUT2D eigenvalue weighted by molar-refractivity contribution is 5.73. The van der Waals surface area contributed by atoms with Gasteiger partial charge in [0, 0.05) is 32.4 Å². The maximum absolute atomic E-state index is 12.9. The normalized spacial score (nSPS) is 21.6. The van der Waals surface area contributed by atoms with Gasteiger partial charge < -0.3 is 15.7 Å². The van der Waals surface area contributed by atoms with E-state index in [1.807, 2.05) is 0 Å². The van der Waals surface area contributed by atoms with Crippen molar-refractivity contribution in [3.8, 4) is 0 Å². The highest BCUT2D eigenvalue weighted by Gasteiger charge is 2.39. The van der Waals surface area contributed by atoms with Gasteiger partial charge in [0.2, 0.25) is 5.92 Å². The van der Waals surface area contributed by atoms with Crippen LogP contribution in [0.1, 0.15) is 32.1 Å². The van der Waals surface area contributed by atoms with Gasteiger partial charge in [-0.2, -0.15) is 0 Å². The number of urea groups is 1. The number of rotatable bonds is 6. The Balaban J connectivity index is 2.05. The van der Waals surface area contributed by atoms with Crippen LogP contribution in [-0.4, -0.2) is 36.1 Å². The molecule has 3 N–H and O–H groups in total. The lowest BCUT2D eigenvalue weighted by Crippen LogP contribution is -2.38. The summed E-state index contributed by atoms with van der Waals surface area (Å²) in [7, 11) is 0. The highest BCUT2D eigenvalue weighted by atomic mass is 19.3. The molecule has 0 radical (unpaired) electrons. The van der Waals surface area contributed by atoms with Gasteiger partial charge in [0.1, 0.15) is 0 Å². The first kappa shape index (κ1) is 14.7. The molecule has 1 saturated carbocycles. The molecule has 18 heavy (non-hydrogen) atoms. The van der Waals surface area contributed by atoms with Crippen molar-refractivity contribution >= 4 is 12.0 Å².